The highest BCUT2D eigenvalue weighted by molar-refractivity contribution is 6.23. The van der Waals surface area contributed by atoms with E-state index in [1.807, 2.05) is 6.07 Å². The summed E-state index contributed by atoms with van der Waals surface area (Å²) in [5.41, 5.74) is 2.27. The lowest BCUT2D eigenvalue weighted by atomic mass is 10.00. The molecule has 0 spiro atoms. The van der Waals surface area contributed by atoms with E-state index in [0.29, 0.717) is 27.9 Å². The first kappa shape index (κ1) is 26.3. The number of benzene rings is 3. The summed E-state index contributed by atoms with van der Waals surface area (Å²) in [6.45, 7) is 2.03. The molecule has 202 valence electrons. The third-order valence-corrected chi connectivity index (χ3v) is 6.52. The Bertz CT molecular complexity index is 1690. The number of nitro benzene ring substituents is 1. The van der Waals surface area contributed by atoms with Crippen molar-refractivity contribution in [3.63, 3.8) is 0 Å². The van der Waals surface area contributed by atoms with E-state index in [0.717, 1.165) is 4.90 Å². The first-order chi connectivity index (χ1) is 19.3. The summed E-state index contributed by atoms with van der Waals surface area (Å²) in [6.07, 6.45) is 0.364. The highest BCUT2D eigenvalue weighted by Crippen LogP contribution is 2.34. The fourth-order valence-corrected chi connectivity index (χ4v) is 4.67. The molecule has 1 aliphatic heterocycles. The second kappa shape index (κ2) is 10.8. The molecule has 0 unspecified atom stereocenters. The zero-order valence-electron chi connectivity index (χ0n) is 21.4. The Labute approximate surface area is 227 Å². The summed E-state index contributed by atoms with van der Waals surface area (Å²) < 4.78 is 4.90. The third kappa shape index (κ3) is 4.92. The van der Waals surface area contributed by atoms with Crippen molar-refractivity contribution in [1.29, 1.82) is 0 Å². The van der Waals surface area contributed by atoms with Crippen LogP contribution in [0.5, 0.6) is 5.88 Å². The molecule has 0 bridgehead atoms. The molecule has 2 heterocycles. The van der Waals surface area contributed by atoms with Crippen LogP contribution in [0.15, 0.2) is 71.7 Å². The fourth-order valence-electron chi connectivity index (χ4n) is 4.67. The number of nitrogens with zero attached hydrogens (tertiary/aromatic N) is 3. The molecule has 0 atom stereocenters. The molecular formula is C29H24N4O7. The van der Waals surface area contributed by atoms with Crippen molar-refractivity contribution in [1.82, 2.24) is 9.88 Å². The van der Waals surface area contributed by atoms with Gasteiger partial charge in [0, 0.05) is 41.6 Å². The number of aromatic hydroxyl groups is 1. The van der Waals surface area contributed by atoms with Crippen LogP contribution in [0.3, 0.4) is 0 Å². The number of hydrogen-bond donors (Lipinski definition) is 2. The molecule has 0 saturated carbocycles. The lowest BCUT2D eigenvalue weighted by Gasteiger charge is -2.13. The van der Waals surface area contributed by atoms with Crippen molar-refractivity contribution >= 4 is 45.8 Å². The molecule has 2 amide bonds. The van der Waals surface area contributed by atoms with Crippen molar-refractivity contribution in [3.8, 4) is 5.88 Å². The monoisotopic (exact) mass is 540 g/mol. The largest absolute Gasteiger partial charge is 0.494 e. The van der Waals surface area contributed by atoms with Crippen LogP contribution in [0, 0.1) is 10.1 Å². The van der Waals surface area contributed by atoms with Crippen molar-refractivity contribution in [2.45, 2.75) is 19.8 Å². The molecule has 11 heteroatoms. The van der Waals surface area contributed by atoms with Gasteiger partial charge in [0.25, 0.3) is 17.5 Å². The number of aromatic nitrogens is 1. The Balaban J connectivity index is 1.54. The van der Waals surface area contributed by atoms with Crippen LogP contribution in [0.25, 0.3) is 10.9 Å². The van der Waals surface area contributed by atoms with Gasteiger partial charge in [-0.1, -0.05) is 30.3 Å². The molecule has 40 heavy (non-hydrogen) atoms. The van der Waals surface area contributed by atoms with Crippen LogP contribution in [-0.4, -0.2) is 56.6 Å². The maximum Gasteiger partial charge on any atom is 0.305 e. The number of ether oxygens (including phenoxy) is 1. The van der Waals surface area contributed by atoms with Gasteiger partial charge in [0.05, 0.1) is 39.6 Å². The molecule has 0 aliphatic carbocycles. The SMILES string of the molecule is CCOC(=O)CCCN1C(=O)c2ccc(N=C(c3ccccc3)c3c(O)[nH]c4ccc([N+](=O)[O-])cc34)cc2C1=O. The number of amides is 2. The Kier molecular flexibility index (Phi) is 7.11. The number of carbonyl (C=O) groups excluding carboxylic acids is 3. The van der Waals surface area contributed by atoms with Gasteiger partial charge in [-0.05, 0) is 37.6 Å². The van der Waals surface area contributed by atoms with Gasteiger partial charge in [-0.2, -0.15) is 0 Å². The van der Waals surface area contributed by atoms with Crippen LogP contribution in [0.2, 0.25) is 0 Å². The normalized spacial score (nSPS) is 13.1. The fraction of sp³-hybridized carbons (Fsp3) is 0.172. The first-order valence-electron chi connectivity index (χ1n) is 12.6. The van der Waals surface area contributed by atoms with Crippen LogP contribution in [0.4, 0.5) is 11.4 Å². The number of H-pyrrole nitrogens is 1. The van der Waals surface area contributed by atoms with Crippen LogP contribution < -0.4 is 0 Å². The number of rotatable bonds is 9. The van der Waals surface area contributed by atoms with E-state index in [-0.39, 0.29) is 54.3 Å². The van der Waals surface area contributed by atoms with Crippen LogP contribution in [-0.2, 0) is 9.53 Å². The van der Waals surface area contributed by atoms with Crippen LogP contribution >= 0.6 is 0 Å². The third-order valence-electron chi connectivity index (χ3n) is 6.52. The van der Waals surface area contributed by atoms with E-state index in [4.69, 9.17) is 9.73 Å². The summed E-state index contributed by atoms with van der Waals surface area (Å²) in [5, 5.41) is 22.7. The number of aromatic amines is 1. The van der Waals surface area contributed by atoms with Crippen molar-refractivity contribution in [2.24, 2.45) is 4.99 Å². The lowest BCUT2D eigenvalue weighted by molar-refractivity contribution is -0.384. The topological polar surface area (TPSA) is 155 Å². The van der Waals surface area contributed by atoms with Gasteiger partial charge in [-0.15, -0.1) is 0 Å². The number of esters is 1. The van der Waals surface area contributed by atoms with Gasteiger partial charge in [0.1, 0.15) is 0 Å². The quantitative estimate of drug-likeness (QED) is 0.101. The standard InChI is InChI=1S/C29H24N4O7/c1-2-40-24(34)9-6-14-32-28(36)20-12-10-18(15-21(20)29(32)37)30-26(17-7-4-3-5-8-17)25-22-16-19(33(38)39)11-13-23(22)31-27(25)35/h3-5,7-8,10-13,15-16,31,35H,2,6,9,14H2,1H3. The molecule has 1 aromatic heterocycles. The first-order valence-corrected chi connectivity index (χ1v) is 12.6. The highest BCUT2D eigenvalue weighted by Gasteiger charge is 2.35. The zero-order valence-corrected chi connectivity index (χ0v) is 21.4. The number of nitro groups is 1. The summed E-state index contributed by atoms with van der Waals surface area (Å²) in [6, 6.07) is 17.8. The molecule has 11 nitrogen and oxygen atoms in total. The van der Waals surface area contributed by atoms with Gasteiger partial charge in [-0.25, -0.2) is 4.99 Å². The van der Waals surface area contributed by atoms with Crippen LogP contribution in [0.1, 0.15) is 51.6 Å². The summed E-state index contributed by atoms with van der Waals surface area (Å²) in [4.78, 5) is 57.2. The van der Waals surface area contributed by atoms with Gasteiger partial charge in [0.15, 0.2) is 5.88 Å². The average molecular weight is 541 g/mol. The smallest absolute Gasteiger partial charge is 0.305 e. The number of aliphatic imine (C=N–C) groups is 1. The second-order valence-corrected chi connectivity index (χ2v) is 9.06. The summed E-state index contributed by atoms with van der Waals surface area (Å²) >= 11 is 0. The Hall–Kier alpha value is -5.32. The Morgan fingerprint density at radius 2 is 1.80 bits per heavy atom. The molecule has 3 aromatic carbocycles. The zero-order chi connectivity index (χ0) is 28.4. The van der Waals surface area contributed by atoms with Crippen molar-refractivity contribution < 1.29 is 29.2 Å². The molecule has 4 aromatic rings. The maximum atomic E-state index is 13.1. The van der Waals surface area contributed by atoms with E-state index in [2.05, 4.69) is 4.98 Å². The number of carbonyl (C=O) groups is 3. The van der Waals surface area contributed by atoms with E-state index in [1.54, 1.807) is 37.3 Å². The summed E-state index contributed by atoms with van der Waals surface area (Å²) in [7, 11) is 0. The predicted octanol–water partition coefficient (Wildman–Crippen LogP) is 4.89. The van der Waals surface area contributed by atoms with Crippen molar-refractivity contribution in [2.75, 3.05) is 13.2 Å². The minimum Gasteiger partial charge on any atom is -0.494 e. The number of hydrogen-bond acceptors (Lipinski definition) is 8. The highest BCUT2D eigenvalue weighted by atomic mass is 16.6. The number of imide groups is 1. The Morgan fingerprint density at radius 3 is 2.52 bits per heavy atom. The van der Waals surface area contributed by atoms with Gasteiger partial charge >= 0.3 is 5.97 Å². The number of fused-ring (bicyclic) bond motifs is 2. The molecule has 0 saturated heterocycles. The van der Waals surface area contributed by atoms with E-state index >= 15 is 0 Å². The minimum absolute atomic E-state index is 0.0705. The minimum atomic E-state index is -0.520. The van der Waals surface area contributed by atoms with Crippen molar-refractivity contribution in [3.05, 3.63) is 99.1 Å². The molecule has 5 rings (SSSR count). The molecular weight excluding hydrogens is 516 g/mol. The van der Waals surface area contributed by atoms with E-state index in [9.17, 15) is 29.6 Å². The number of nitrogens with one attached hydrogen (secondary N) is 1. The maximum absolute atomic E-state index is 13.1. The molecule has 1 aliphatic rings. The van der Waals surface area contributed by atoms with Gasteiger partial charge in [0.2, 0.25) is 0 Å². The average Bonchev–Trinajstić information content (AvgIpc) is 3.39. The van der Waals surface area contributed by atoms with Gasteiger partial charge < -0.3 is 14.8 Å². The molecule has 0 fully saturated rings. The van der Waals surface area contributed by atoms with E-state index < -0.39 is 22.7 Å². The molecule has 0 radical (unpaired) electrons. The number of non-ortho nitro benzene ring substituents is 1. The predicted molar refractivity (Wildman–Crippen MR) is 146 cm³/mol. The molecule has 2 N–H and O–H groups in total. The lowest BCUT2D eigenvalue weighted by Crippen LogP contribution is -2.31. The van der Waals surface area contributed by atoms with E-state index in [1.165, 1.54) is 30.3 Å². The van der Waals surface area contributed by atoms with Gasteiger partial charge in [-0.3, -0.25) is 29.4 Å². The summed E-state index contributed by atoms with van der Waals surface area (Å²) in [5.74, 6) is -1.56. The second-order valence-electron chi connectivity index (χ2n) is 9.06. The Morgan fingerprint density at radius 1 is 1.05 bits per heavy atom.